The van der Waals surface area contributed by atoms with Crippen molar-refractivity contribution < 1.29 is 0 Å². The minimum Gasteiger partial charge on any atom is -0.315 e. The standard InChI is InChI=1S/C13H23N3S/c1-9(13-10(2)16-11(3)17-13)15-7-6-14-8-12-4-5-12/h9,12,14-15H,4-8H2,1-3H3. The molecule has 1 fully saturated rings. The summed E-state index contributed by atoms with van der Waals surface area (Å²) in [6.07, 6.45) is 2.85. The van der Waals surface area contributed by atoms with E-state index in [1.54, 1.807) is 0 Å². The van der Waals surface area contributed by atoms with Crippen molar-refractivity contribution in [3.8, 4) is 0 Å². The van der Waals surface area contributed by atoms with E-state index >= 15 is 0 Å². The molecule has 1 atom stereocenters. The van der Waals surface area contributed by atoms with Crippen LogP contribution in [0.2, 0.25) is 0 Å². The number of hydrogen-bond acceptors (Lipinski definition) is 4. The van der Waals surface area contributed by atoms with Crippen LogP contribution < -0.4 is 10.6 Å². The van der Waals surface area contributed by atoms with Crippen molar-refractivity contribution in [3.05, 3.63) is 15.6 Å². The molecule has 1 aromatic rings. The highest BCUT2D eigenvalue weighted by atomic mass is 32.1. The first kappa shape index (κ1) is 13.0. The summed E-state index contributed by atoms with van der Waals surface area (Å²) in [5.74, 6) is 0.971. The highest BCUT2D eigenvalue weighted by molar-refractivity contribution is 7.11. The van der Waals surface area contributed by atoms with Gasteiger partial charge in [-0.05, 0) is 46.1 Å². The predicted octanol–water partition coefficient (Wildman–Crippen LogP) is 2.41. The van der Waals surface area contributed by atoms with Gasteiger partial charge < -0.3 is 10.6 Å². The molecule has 0 amide bonds. The molecule has 0 aliphatic heterocycles. The van der Waals surface area contributed by atoms with E-state index < -0.39 is 0 Å². The maximum absolute atomic E-state index is 4.47. The fourth-order valence-electron chi connectivity index (χ4n) is 2.05. The second kappa shape index (κ2) is 5.94. The quantitative estimate of drug-likeness (QED) is 0.733. The Morgan fingerprint density at radius 2 is 2.12 bits per heavy atom. The van der Waals surface area contributed by atoms with Crippen molar-refractivity contribution in [2.75, 3.05) is 19.6 Å². The van der Waals surface area contributed by atoms with Crippen LogP contribution in [-0.4, -0.2) is 24.6 Å². The van der Waals surface area contributed by atoms with Crippen LogP contribution in [0.5, 0.6) is 0 Å². The van der Waals surface area contributed by atoms with E-state index in [2.05, 4.69) is 36.4 Å². The lowest BCUT2D eigenvalue weighted by molar-refractivity contribution is 0.540. The van der Waals surface area contributed by atoms with Gasteiger partial charge in [-0.25, -0.2) is 4.98 Å². The minimum atomic E-state index is 0.420. The van der Waals surface area contributed by atoms with Gasteiger partial charge in [0.15, 0.2) is 0 Å². The normalized spacial score (nSPS) is 17.4. The highest BCUT2D eigenvalue weighted by Gasteiger charge is 2.20. The molecule has 1 aliphatic rings. The summed E-state index contributed by atoms with van der Waals surface area (Å²) >= 11 is 1.81. The summed E-state index contributed by atoms with van der Waals surface area (Å²) < 4.78 is 0. The molecule has 1 heterocycles. The van der Waals surface area contributed by atoms with Crippen molar-refractivity contribution in [2.45, 2.75) is 39.7 Å². The highest BCUT2D eigenvalue weighted by Crippen LogP contribution is 2.27. The first-order valence-corrected chi connectivity index (χ1v) is 7.36. The molecule has 0 bridgehead atoms. The average molecular weight is 253 g/mol. The summed E-state index contributed by atoms with van der Waals surface area (Å²) in [6, 6.07) is 0.420. The van der Waals surface area contributed by atoms with E-state index in [0.717, 1.165) is 24.0 Å². The number of nitrogens with one attached hydrogen (secondary N) is 2. The van der Waals surface area contributed by atoms with Crippen LogP contribution in [-0.2, 0) is 0 Å². The van der Waals surface area contributed by atoms with Gasteiger partial charge in [-0.3, -0.25) is 0 Å². The third kappa shape index (κ3) is 4.05. The smallest absolute Gasteiger partial charge is 0.0900 e. The molecule has 96 valence electrons. The molecule has 1 saturated carbocycles. The Balaban J connectivity index is 1.65. The largest absolute Gasteiger partial charge is 0.315 e. The fourth-order valence-corrected chi connectivity index (χ4v) is 3.00. The van der Waals surface area contributed by atoms with E-state index in [1.807, 2.05) is 11.3 Å². The second-order valence-corrected chi connectivity index (χ2v) is 6.24. The average Bonchev–Trinajstić information content (AvgIpc) is 3.03. The molecule has 0 aromatic carbocycles. The Kier molecular flexibility index (Phi) is 4.54. The van der Waals surface area contributed by atoms with Gasteiger partial charge in [-0.1, -0.05) is 0 Å². The van der Waals surface area contributed by atoms with Gasteiger partial charge in [0.2, 0.25) is 0 Å². The van der Waals surface area contributed by atoms with Gasteiger partial charge in [0, 0.05) is 24.0 Å². The molecular weight excluding hydrogens is 230 g/mol. The Labute approximate surface area is 108 Å². The van der Waals surface area contributed by atoms with E-state index in [4.69, 9.17) is 0 Å². The number of aryl methyl sites for hydroxylation is 2. The van der Waals surface area contributed by atoms with Crippen molar-refractivity contribution in [3.63, 3.8) is 0 Å². The Hall–Kier alpha value is -0.450. The molecular formula is C13H23N3S. The lowest BCUT2D eigenvalue weighted by Gasteiger charge is -2.13. The zero-order chi connectivity index (χ0) is 12.3. The Bertz CT molecular complexity index is 358. The molecule has 1 unspecified atom stereocenters. The summed E-state index contributed by atoms with van der Waals surface area (Å²) in [7, 11) is 0. The van der Waals surface area contributed by atoms with Crippen molar-refractivity contribution >= 4 is 11.3 Å². The molecule has 17 heavy (non-hydrogen) atoms. The fraction of sp³-hybridized carbons (Fsp3) is 0.769. The monoisotopic (exact) mass is 253 g/mol. The van der Waals surface area contributed by atoms with Crippen molar-refractivity contribution in [1.29, 1.82) is 0 Å². The zero-order valence-corrected chi connectivity index (χ0v) is 11.9. The lowest BCUT2D eigenvalue weighted by Crippen LogP contribution is -2.30. The first-order valence-electron chi connectivity index (χ1n) is 6.55. The van der Waals surface area contributed by atoms with Gasteiger partial charge in [0.1, 0.15) is 0 Å². The summed E-state index contributed by atoms with van der Waals surface area (Å²) in [5, 5.41) is 8.22. The third-order valence-corrected chi connectivity index (χ3v) is 4.47. The van der Waals surface area contributed by atoms with Crippen LogP contribution in [0, 0.1) is 19.8 Å². The summed E-state index contributed by atoms with van der Waals surface area (Å²) in [4.78, 5) is 5.85. The van der Waals surface area contributed by atoms with E-state index in [1.165, 1.54) is 30.0 Å². The SMILES string of the molecule is Cc1nc(C)c(C(C)NCCNCC2CC2)s1. The van der Waals surface area contributed by atoms with Crippen LogP contribution in [0.15, 0.2) is 0 Å². The van der Waals surface area contributed by atoms with Crippen LogP contribution in [0.3, 0.4) is 0 Å². The van der Waals surface area contributed by atoms with Crippen LogP contribution in [0.4, 0.5) is 0 Å². The van der Waals surface area contributed by atoms with E-state index in [0.29, 0.717) is 6.04 Å². The number of aromatic nitrogens is 1. The number of hydrogen-bond donors (Lipinski definition) is 2. The van der Waals surface area contributed by atoms with Crippen molar-refractivity contribution in [2.24, 2.45) is 5.92 Å². The van der Waals surface area contributed by atoms with Gasteiger partial charge in [-0.15, -0.1) is 11.3 Å². The van der Waals surface area contributed by atoms with Gasteiger partial charge in [0.05, 0.1) is 10.7 Å². The molecule has 0 saturated heterocycles. The van der Waals surface area contributed by atoms with Crippen LogP contribution in [0.1, 0.15) is 41.4 Å². The van der Waals surface area contributed by atoms with E-state index in [9.17, 15) is 0 Å². The molecule has 2 N–H and O–H groups in total. The van der Waals surface area contributed by atoms with Crippen LogP contribution >= 0.6 is 11.3 Å². The summed E-state index contributed by atoms with van der Waals surface area (Å²) in [5.41, 5.74) is 1.18. The molecule has 1 aliphatic carbocycles. The molecule has 0 radical (unpaired) electrons. The number of rotatable bonds is 7. The lowest BCUT2D eigenvalue weighted by atomic mass is 10.2. The van der Waals surface area contributed by atoms with Gasteiger partial charge in [-0.2, -0.15) is 0 Å². The van der Waals surface area contributed by atoms with E-state index in [-0.39, 0.29) is 0 Å². The van der Waals surface area contributed by atoms with Gasteiger partial charge in [0.25, 0.3) is 0 Å². The van der Waals surface area contributed by atoms with Gasteiger partial charge >= 0.3 is 0 Å². The molecule has 4 heteroatoms. The van der Waals surface area contributed by atoms with Crippen LogP contribution in [0.25, 0.3) is 0 Å². The second-order valence-electron chi connectivity index (χ2n) is 5.01. The topological polar surface area (TPSA) is 37.0 Å². The summed E-state index contributed by atoms with van der Waals surface area (Å²) in [6.45, 7) is 9.70. The number of nitrogens with zero attached hydrogens (tertiary/aromatic N) is 1. The molecule has 2 rings (SSSR count). The predicted molar refractivity (Wildman–Crippen MR) is 73.6 cm³/mol. The third-order valence-electron chi connectivity index (χ3n) is 3.21. The Morgan fingerprint density at radius 1 is 1.35 bits per heavy atom. The molecule has 1 aromatic heterocycles. The Morgan fingerprint density at radius 3 is 2.71 bits per heavy atom. The molecule has 3 nitrogen and oxygen atoms in total. The minimum absolute atomic E-state index is 0.420. The molecule has 0 spiro atoms. The number of thiazole rings is 1. The maximum Gasteiger partial charge on any atom is 0.0900 e. The zero-order valence-electron chi connectivity index (χ0n) is 11.0. The first-order chi connectivity index (χ1) is 8.16. The maximum atomic E-state index is 4.47. The van der Waals surface area contributed by atoms with Crippen molar-refractivity contribution in [1.82, 2.24) is 15.6 Å².